The van der Waals surface area contributed by atoms with E-state index in [1.807, 2.05) is 12.1 Å². The van der Waals surface area contributed by atoms with Crippen molar-refractivity contribution in [2.24, 2.45) is 0 Å². The van der Waals surface area contributed by atoms with E-state index >= 15 is 0 Å². The molecule has 1 amide bonds. The van der Waals surface area contributed by atoms with Crippen LogP contribution < -0.4 is 5.32 Å². The van der Waals surface area contributed by atoms with Gasteiger partial charge < -0.3 is 5.32 Å². The molecule has 0 bridgehead atoms. The molecule has 0 aliphatic heterocycles. The highest BCUT2D eigenvalue weighted by Gasteiger charge is 2.08. The van der Waals surface area contributed by atoms with Gasteiger partial charge in [-0.15, -0.1) is 0 Å². The summed E-state index contributed by atoms with van der Waals surface area (Å²) in [5, 5.41) is 3.54. The van der Waals surface area contributed by atoms with Crippen molar-refractivity contribution in [3.05, 3.63) is 62.3 Å². The average molecular weight is 360 g/mol. The number of halogens is 3. The second-order valence-electron chi connectivity index (χ2n) is 3.78. The molecule has 0 saturated carbocycles. The average Bonchev–Trinajstić information content (AvgIpc) is 2.41. The van der Waals surface area contributed by atoms with E-state index in [9.17, 15) is 4.79 Å². The second-order valence-corrected chi connectivity index (χ2v) is 5.51. The molecule has 0 aliphatic carbocycles. The van der Waals surface area contributed by atoms with Crippen LogP contribution in [-0.2, 0) is 6.54 Å². The summed E-state index contributed by atoms with van der Waals surface area (Å²) in [6.07, 6.45) is 1.68. The van der Waals surface area contributed by atoms with Crippen molar-refractivity contribution >= 4 is 45.0 Å². The second kappa shape index (κ2) is 6.37. The Labute approximate surface area is 129 Å². The molecule has 1 heterocycles. The number of nitrogens with zero attached hydrogens (tertiary/aromatic N) is 1. The van der Waals surface area contributed by atoms with Gasteiger partial charge in [-0.05, 0) is 46.3 Å². The normalized spacial score (nSPS) is 10.3. The van der Waals surface area contributed by atoms with Gasteiger partial charge in [0.2, 0.25) is 0 Å². The predicted octanol–water partition coefficient (Wildman–Crippen LogP) is 4.08. The van der Waals surface area contributed by atoms with E-state index in [4.69, 9.17) is 23.2 Å². The maximum absolute atomic E-state index is 11.9. The first-order valence-corrected chi connectivity index (χ1v) is 6.95. The lowest BCUT2D eigenvalue weighted by Crippen LogP contribution is -2.23. The Bertz CT molecular complexity index is 602. The van der Waals surface area contributed by atoms with Crippen LogP contribution in [0.4, 0.5) is 0 Å². The summed E-state index contributed by atoms with van der Waals surface area (Å²) in [4.78, 5) is 16.1. The zero-order valence-electron chi connectivity index (χ0n) is 9.66. The van der Waals surface area contributed by atoms with E-state index < -0.39 is 0 Å². The van der Waals surface area contributed by atoms with E-state index in [1.165, 1.54) is 6.07 Å². The summed E-state index contributed by atoms with van der Waals surface area (Å²) < 4.78 is 0.895. The van der Waals surface area contributed by atoms with Crippen molar-refractivity contribution in [1.82, 2.24) is 10.3 Å². The zero-order chi connectivity index (χ0) is 13.8. The van der Waals surface area contributed by atoms with Gasteiger partial charge in [-0.25, -0.2) is 0 Å². The minimum absolute atomic E-state index is 0.219. The first-order valence-electron chi connectivity index (χ1n) is 5.40. The number of carbonyl (C=O) groups excluding carboxylic acids is 1. The van der Waals surface area contributed by atoms with Gasteiger partial charge in [-0.3, -0.25) is 9.78 Å². The maximum Gasteiger partial charge on any atom is 0.251 e. The minimum Gasteiger partial charge on any atom is -0.346 e. The quantitative estimate of drug-likeness (QED) is 0.897. The van der Waals surface area contributed by atoms with Crippen LogP contribution in [0.15, 0.2) is 41.0 Å². The standard InChI is InChI=1S/C13H9BrCl2N2O/c14-9-2-3-10(17-6-9)7-18-13(19)8-1-4-11(15)12(16)5-8/h1-6H,7H2,(H,18,19). The van der Waals surface area contributed by atoms with Gasteiger partial charge >= 0.3 is 0 Å². The molecule has 2 aromatic rings. The number of nitrogens with one attached hydrogen (secondary N) is 1. The van der Waals surface area contributed by atoms with Gasteiger partial charge in [0.25, 0.3) is 5.91 Å². The van der Waals surface area contributed by atoms with Crippen LogP contribution in [0.3, 0.4) is 0 Å². The van der Waals surface area contributed by atoms with Crippen molar-refractivity contribution in [2.75, 3.05) is 0 Å². The van der Waals surface area contributed by atoms with Crippen LogP contribution in [0.5, 0.6) is 0 Å². The van der Waals surface area contributed by atoms with Crippen LogP contribution in [-0.4, -0.2) is 10.9 Å². The van der Waals surface area contributed by atoms with E-state index in [0.29, 0.717) is 22.2 Å². The van der Waals surface area contributed by atoms with Gasteiger partial charge in [0.1, 0.15) is 0 Å². The van der Waals surface area contributed by atoms with Crippen molar-refractivity contribution < 1.29 is 4.79 Å². The summed E-state index contributed by atoms with van der Waals surface area (Å²) in [5.74, 6) is -0.219. The Kier molecular flexibility index (Phi) is 4.80. The molecule has 0 aliphatic rings. The van der Waals surface area contributed by atoms with E-state index in [0.717, 1.165) is 10.2 Å². The van der Waals surface area contributed by atoms with Gasteiger partial charge in [0, 0.05) is 16.2 Å². The number of carbonyl (C=O) groups is 1. The number of amides is 1. The zero-order valence-corrected chi connectivity index (χ0v) is 12.8. The smallest absolute Gasteiger partial charge is 0.251 e. The maximum atomic E-state index is 11.9. The van der Waals surface area contributed by atoms with Crippen LogP contribution in [0.2, 0.25) is 10.0 Å². The topological polar surface area (TPSA) is 42.0 Å². The van der Waals surface area contributed by atoms with Crippen LogP contribution in [0.25, 0.3) is 0 Å². The molecular formula is C13H9BrCl2N2O. The highest BCUT2D eigenvalue weighted by atomic mass is 79.9. The van der Waals surface area contributed by atoms with E-state index in [2.05, 4.69) is 26.2 Å². The van der Waals surface area contributed by atoms with E-state index in [1.54, 1.807) is 18.3 Å². The molecule has 6 heteroatoms. The number of rotatable bonds is 3. The third-order valence-electron chi connectivity index (χ3n) is 2.40. The lowest BCUT2D eigenvalue weighted by atomic mass is 10.2. The molecule has 98 valence electrons. The minimum atomic E-state index is -0.219. The molecule has 1 aromatic carbocycles. The Morgan fingerprint density at radius 1 is 1.21 bits per heavy atom. The molecule has 3 nitrogen and oxygen atoms in total. The lowest BCUT2D eigenvalue weighted by Gasteiger charge is -2.06. The van der Waals surface area contributed by atoms with Crippen molar-refractivity contribution in [2.45, 2.75) is 6.54 Å². The lowest BCUT2D eigenvalue weighted by molar-refractivity contribution is 0.0950. The number of hydrogen-bond acceptors (Lipinski definition) is 2. The molecule has 0 unspecified atom stereocenters. The molecule has 0 atom stereocenters. The number of hydrogen-bond donors (Lipinski definition) is 1. The van der Waals surface area contributed by atoms with Crippen LogP contribution in [0.1, 0.15) is 16.1 Å². The molecule has 2 rings (SSSR count). The van der Waals surface area contributed by atoms with Gasteiger partial charge in [0.15, 0.2) is 0 Å². The largest absolute Gasteiger partial charge is 0.346 e. The Balaban J connectivity index is 2.01. The third kappa shape index (κ3) is 3.93. The fraction of sp³-hybridized carbons (Fsp3) is 0.0769. The summed E-state index contributed by atoms with van der Waals surface area (Å²) in [6, 6.07) is 8.45. The first kappa shape index (κ1) is 14.3. The Morgan fingerprint density at radius 2 is 2.00 bits per heavy atom. The fourth-order valence-corrected chi connectivity index (χ4v) is 1.95. The number of benzene rings is 1. The third-order valence-corrected chi connectivity index (χ3v) is 3.61. The summed E-state index contributed by atoms with van der Waals surface area (Å²) >= 11 is 15.0. The molecule has 1 N–H and O–H groups in total. The molecule has 0 saturated heterocycles. The van der Waals surface area contributed by atoms with Crippen molar-refractivity contribution in [3.8, 4) is 0 Å². The molecule has 0 radical (unpaired) electrons. The molecule has 19 heavy (non-hydrogen) atoms. The summed E-state index contributed by atoms with van der Waals surface area (Å²) in [5.41, 5.74) is 1.24. The van der Waals surface area contributed by atoms with Gasteiger partial charge in [0.05, 0.1) is 22.3 Å². The van der Waals surface area contributed by atoms with Crippen molar-refractivity contribution in [3.63, 3.8) is 0 Å². The Hall–Kier alpha value is -1.10. The predicted molar refractivity (Wildman–Crippen MR) is 79.6 cm³/mol. The van der Waals surface area contributed by atoms with Gasteiger partial charge in [-0.2, -0.15) is 0 Å². The summed E-state index contributed by atoms with van der Waals surface area (Å²) in [6.45, 7) is 0.354. The number of aromatic nitrogens is 1. The highest BCUT2D eigenvalue weighted by Crippen LogP contribution is 2.22. The van der Waals surface area contributed by atoms with E-state index in [-0.39, 0.29) is 5.91 Å². The number of pyridine rings is 1. The first-order chi connectivity index (χ1) is 9.06. The summed E-state index contributed by atoms with van der Waals surface area (Å²) in [7, 11) is 0. The van der Waals surface area contributed by atoms with Crippen molar-refractivity contribution in [1.29, 1.82) is 0 Å². The molecule has 0 fully saturated rings. The molecule has 0 spiro atoms. The monoisotopic (exact) mass is 358 g/mol. The van der Waals surface area contributed by atoms with Crippen LogP contribution >= 0.6 is 39.1 Å². The van der Waals surface area contributed by atoms with Crippen LogP contribution in [0, 0.1) is 0 Å². The van der Waals surface area contributed by atoms with Gasteiger partial charge in [-0.1, -0.05) is 23.2 Å². The molecular weight excluding hydrogens is 351 g/mol. The SMILES string of the molecule is O=C(NCc1ccc(Br)cn1)c1ccc(Cl)c(Cl)c1. The Morgan fingerprint density at radius 3 is 2.63 bits per heavy atom. The molecule has 1 aromatic heterocycles. The highest BCUT2D eigenvalue weighted by molar-refractivity contribution is 9.10. The fourth-order valence-electron chi connectivity index (χ4n) is 1.42.